The van der Waals surface area contributed by atoms with Gasteiger partial charge >= 0.3 is 0 Å². The number of ketones is 1. The minimum Gasteiger partial charge on any atom is -0.356 e. The molecule has 1 aromatic heterocycles. The average Bonchev–Trinajstić information content (AvgIpc) is 3.57. The van der Waals surface area contributed by atoms with Crippen molar-refractivity contribution >= 4 is 51.0 Å². The van der Waals surface area contributed by atoms with Gasteiger partial charge in [0.25, 0.3) is 0 Å². The molecule has 4 amide bonds. The summed E-state index contributed by atoms with van der Waals surface area (Å²) in [6, 6.07) is 4.87. The number of hydrogen-bond acceptors (Lipinski definition) is 7. The highest BCUT2D eigenvalue weighted by molar-refractivity contribution is 7.20. The first kappa shape index (κ1) is 28.7. The van der Waals surface area contributed by atoms with E-state index in [-0.39, 0.29) is 46.3 Å². The lowest BCUT2D eigenvalue weighted by atomic mass is 9.90. The highest BCUT2D eigenvalue weighted by Gasteiger charge is 2.46. The maximum Gasteiger partial charge on any atom is 0.246 e. The second kappa shape index (κ2) is 11.4. The number of hydrogen-bond donors (Lipinski definition) is 3. The van der Waals surface area contributed by atoms with Gasteiger partial charge in [-0.2, -0.15) is 0 Å². The largest absolute Gasteiger partial charge is 0.356 e. The number of nitrogens with zero attached hydrogens (tertiary/aromatic N) is 2. The number of benzene rings is 1. The van der Waals surface area contributed by atoms with Crippen LogP contribution in [0.1, 0.15) is 63.7 Å². The predicted molar refractivity (Wildman–Crippen MR) is 148 cm³/mol. The zero-order valence-electron chi connectivity index (χ0n) is 23.1. The number of carbonyl (C=O) groups is 5. The fourth-order valence-electron chi connectivity index (χ4n) is 5.43. The van der Waals surface area contributed by atoms with Crippen LogP contribution < -0.4 is 16.0 Å². The molecule has 11 heteroatoms. The van der Waals surface area contributed by atoms with Crippen LogP contribution in [0.15, 0.2) is 24.3 Å². The summed E-state index contributed by atoms with van der Waals surface area (Å²) in [6.07, 6.45) is 1.13. The minimum absolute atomic E-state index is 0.139. The van der Waals surface area contributed by atoms with Crippen molar-refractivity contribution in [1.82, 2.24) is 25.8 Å². The number of carbonyl (C=O) groups excluding carboxylic acids is 5. The molecule has 10 nitrogen and oxygen atoms in total. The van der Waals surface area contributed by atoms with Gasteiger partial charge in [0.1, 0.15) is 12.1 Å². The summed E-state index contributed by atoms with van der Waals surface area (Å²) in [4.78, 5) is 71.2. The quantitative estimate of drug-likeness (QED) is 0.406. The lowest BCUT2D eigenvalue weighted by molar-refractivity contribution is -0.142. The summed E-state index contributed by atoms with van der Waals surface area (Å²) in [5.41, 5.74) is 0.356. The van der Waals surface area contributed by atoms with Gasteiger partial charge in [-0.3, -0.25) is 24.0 Å². The van der Waals surface area contributed by atoms with E-state index in [2.05, 4.69) is 20.9 Å². The Morgan fingerprint density at radius 3 is 2.51 bits per heavy atom. The van der Waals surface area contributed by atoms with Crippen molar-refractivity contribution in [2.24, 2.45) is 17.3 Å². The molecule has 0 spiro atoms. The Labute approximate surface area is 232 Å². The zero-order valence-corrected chi connectivity index (χ0v) is 23.9. The third kappa shape index (κ3) is 6.46. The maximum absolute atomic E-state index is 13.8. The molecule has 39 heavy (non-hydrogen) atoms. The standard InChI is InChI=1S/C28H37N5O5S/c1-15(2)22(30-16(3)34)27(38)33-14-28(4,5)13-20(33)25(37)31-19(12-17-10-11-29-24(17)36)23(35)26-32-18-8-6-7-9-21(18)39-26/h6-9,15,17,19-20,22H,10-14H2,1-5H3,(H,29,36)(H,30,34)(H,31,37)/t17-,19-,20-,22-/m0/s1. The Morgan fingerprint density at radius 1 is 1.18 bits per heavy atom. The Balaban J connectivity index is 1.60. The fourth-order valence-corrected chi connectivity index (χ4v) is 6.39. The lowest BCUT2D eigenvalue weighted by Crippen LogP contribution is -2.56. The number of nitrogens with one attached hydrogen (secondary N) is 3. The Morgan fingerprint density at radius 2 is 1.90 bits per heavy atom. The minimum atomic E-state index is -0.969. The summed E-state index contributed by atoms with van der Waals surface area (Å²) < 4.78 is 0.858. The van der Waals surface area contributed by atoms with Crippen molar-refractivity contribution in [2.75, 3.05) is 13.1 Å². The van der Waals surface area contributed by atoms with Crippen LogP contribution in [0.25, 0.3) is 10.2 Å². The van der Waals surface area contributed by atoms with Crippen LogP contribution in [0, 0.1) is 17.3 Å². The van der Waals surface area contributed by atoms with Gasteiger partial charge < -0.3 is 20.9 Å². The van der Waals surface area contributed by atoms with Crippen molar-refractivity contribution in [1.29, 1.82) is 0 Å². The first-order chi connectivity index (χ1) is 18.4. The summed E-state index contributed by atoms with van der Waals surface area (Å²) in [6.45, 7) is 9.87. The van der Waals surface area contributed by atoms with Gasteiger partial charge in [-0.25, -0.2) is 4.98 Å². The van der Waals surface area contributed by atoms with E-state index in [1.165, 1.54) is 23.2 Å². The number of likely N-dealkylation sites (tertiary alicyclic amines) is 1. The van der Waals surface area contributed by atoms with Gasteiger partial charge in [-0.15, -0.1) is 11.3 Å². The molecule has 2 aliphatic rings. The smallest absolute Gasteiger partial charge is 0.246 e. The first-order valence-electron chi connectivity index (χ1n) is 13.4. The fraction of sp³-hybridized carbons (Fsp3) is 0.571. The molecule has 0 radical (unpaired) electrons. The number of thiazole rings is 1. The molecule has 0 saturated carbocycles. The Bertz CT molecular complexity index is 1260. The molecule has 0 aliphatic carbocycles. The molecule has 3 heterocycles. The second-order valence-corrected chi connectivity index (χ2v) is 12.7. The van der Waals surface area contributed by atoms with E-state index in [4.69, 9.17) is 0 Å². The highest BCUT2D eigenvalue weighted by Crippen LogP contribution is 2.35. The third-order valence-corrected chi connectivity index (χ3v) is 8.47. The third-order valence-electron chi connectivity index (χ3n) is 7.42. The summed E-state index contributed by atoms with van der Waals surface area (Å²) in [7, 11) is 0. The predicted octanol–water partition coefficient (Wildman–Crippen LogP) is 2.28. The molecule has 3 N–H and O–H groups in total. The van der Waals surface area contributed by atoms with Gasteiger partial charge in [0, 0.05) is 25.9 Å². The van der Waals surface area contributed by atoms with Crippen molar-refractivity contribution in [3.05, 3.63) is 29.3 Å². The van der Waals surface area contributed by atoms with Crippen LogP contribution in [-0.2, 0) is 19.2 Å². The Hall–Kier alpha value is -3.34. The number of aromatic nitrogens is 1. The normalized spacial score (nSPS) is 22.0. The average molecular weight is 556 g/mol. The molecule has 2 aromatic rings. The van der Waals surface area contributed by atoms with Gasteiger partial charge in [0.05, 0.1) is 16.3 Å². The molecule has 4 rings (SSSR count). The van der Waals surface area contributed by atoms with Crippen LogP contribution in [-0.4, -0.2) is 70.5 Å². The molecule has 0 unspecified atom stereocenters. The van der Waals surface area contributed by atoms with Gasteiger partial charge in [-0.1, -0.05) is 39.8 Å². The molecule has 2 saturated heterocycles. The molecule has 1 aromatic carbocycles. The molecule has 0 bridgehead atoms. The highest BCUT2D eigenvalue weighted by atomic mass is 32.1. The second-order valence-electron chi connectivity index (χ2n) is 11.7. The zero-order chi connectivity index (χ0) is 28.5. The van der Waals surface area contributed by atoms with Crippen LogP contribution >= 0.6 is 11.3 Å². The summed E-state index contributed by atoms with van der Waals surface area (Å²) in [5, 5.41) is 8.68. The van der Waals surface area contributed by atoms with Crippen LogP contribution in [0.4, 0.5) is 0 Å². The molecule has 4 atom stereocenters. The lowest BCUT2D eigenvalue weighted by Gasteiger charge is -2.31. The van der Waals surface area contributed by atoms with Crippen LogP contribution in [0.3, 0.4) is 0 Å². The monoisotopic (exact) mass is 555 g/mol. The number of para-hydroxylation sites is 1. The summed E-state index contributed by atoms with van der Waals surface area (Å²) in [5.74, 6) is -2.16. The van der Waals surface area contributed by atoms with Crippen molar-refractivity contribution in [2.45, 2.75) is 72.0 Å². The van der Waals surface area contributed by atoms with Gasteiger partial charge in [-0.05, 0) is 42.7 Å². The number of rotatable bonds is 9. The van der Waals surface area contributed by atoms with Crippen molar-refractivity contribution < 1.29 is 24.0 Å². The molecule has 210 valence electrons. The molecule has 2 fully saturated rings. The SMILES string of the molecule is CC(=O)N[C@H](C(=O)N1CC(C)(C)C[C@H]1C(=O)N[C@@H](C[C@@H]1CCNC1=O)C(=O)c1nc2ccccc2s1)C(C)C. The molecular weight excluding hydrogens is 518 g/mol. The number of fused-ring (bicyclic) bond motifs is 1. The van der Waals surface area contributed by atoms with Crippen LogP contribution in [0.2, 0.25) is 0 Å². The topological polar surface area (TPSA) is 138 Å². The van der Waals surface area contributed by atoms with Crippen molar-refractivity contribution in [3.63, 3.8) is 0 Å². The van der Waals surface area contributed by atoms with Gasteiger partial charge in [0.2, 0.25) is 29.4 Å². The van der Waals surface area contributed by atoms with E-state index in [0.29, 0.717) is 31.4 Å². The number of amides is 4. The summed E-state index contributed by atoms with van der Waals surface area (Å²) >= 11 is 1.25. The van der Waals surface area contributed by atoms with Gasteiger partial charge in [0.15, 0.2) is 5.01 Å². The van der Waals surface area contributed by atoms with Crippen molar-refractivity contribution in [3.8, 4) is 0 Å². The number of Topliss-reactive ketones (excluding diaryl/α,β-unsaturated/α-hetero) is 1. The first-order valence-corrected chi connectivity index (χ1v) is 14.2. The Kier molecular flexibility index (Phi) is 8.39. The van der Waals surface area contributed by atoms with E-state index in [9.17, 15) is 24.0 Å². The maximum atomic E-state index is 13.8. The van der Waals surface area contributed by atoms with E-state index in [1.54, 1.807) is 0 Å². The molecule has 2 aliphatic heterocycles. The van der Waals surface area contributed by atoms with E-state index in [0.717, 1.165) is 4.70 Å². The van der Waals surface area contributed by atoms with E-state index < -0.39 is 30.0 Å². The van der Waals surface area contributed by atoms with E-state index in [1.807, 2.05) is 52.0 Å². The van der Waals surface area contributed by atoms with Crippen LogP contribution in [0.5, 0.6) is 0 Å². The molecular formula is C28H37N5O5S. The van der Waals surface area contributed by atoms with E-state index >= 15 is 0 Å².